The van der Waals surface area contributed by atoms with E-state index >= 15 is 0 Å². The van der Waals surface area contributed by atoms with E-state index in [2.05, 4.69) is 63.5 Å². The van der Waals surface area contributed by atoms with E-state index in [1.54, 1.807) is 12.3 Å². The SMILES string of the molecule is Oc1ccccc1C=NN1CCN(C2Cc3ccccc3Sc3ccccc32)CC1. The number of benzene rings is 3. The first-order chi connectivity index (χ1) is 14.8. The molecule has 3 aromatic carbocycles. The highest BCUT2D eigenvalue weighted by Gasteiger charge is 2.29. The molecular formula is C25H25N3OS. The summed E-state index contributed by atoms with van der Waals surface area (Å²) in [6, 6.07) is 25.4. The monoisotopic (exact) mass is 415 g/mol. The van der Waals surface area contributed by atoms with Crippen molar-refractivity contribution in [3.8, 4) is 5.75 Å². The van der Waals surface area contributed by atoms with Crippen LogP contribution in [0.4, 0.5) is 0 Å². The number of piperazine rings is 1. The highest BCUT2D eigenvalue weighted by atomic mass is 32.2. The smallest absolute Gasteiger partial charge is 0.124 e. The second kappa shape index (κ2) is 8.54. The highest BCUT2D eigenvalue weighted by Crippen LogP contribution is 2.42. The van der Waals surface area contributed by atoms with Crippen molar-refractivity contribution in [3.05, 3.63) is 89.5 Å². The Morgan fingerprint density at radius 3 is 2.37 bits per heavy atom. The zero-order valence-corrected chi connectivity index (χ0v) is 17.6. The van der Waals surface area contributed by atoms with Gasteiger partial charge in [-0.2, -0.15) is 5.10 Å². The average Bonchev–Trinajstić information content (AvgIpc) is 2.96. The fourth-order valence-corrected chi connectivity index (χ4v) is 5.40. The van der Waals surface area contributed by atoms with E-state index in [4.69, 9.17) is 0 Å². The van der Waals surface area contributed by atoms with Crippen LogP contribution in [0.25, 0.3) is 0 Å². The molecule has 0 radical (unpaired) electrons. The van der Waals surface area contributed by atoms with E-state index in [9.17, 15) is 5.11 Å². The lowest BCUT2D eigenvalue weighted by Gasteiger charge is -2.38. The summed E-state index contributed by atoms with van der Waals surface area (Å²) in [5.74, 6) is 0.270. The third-order valence-electron chi connectivity index (χ3n) is 5.91. The molecule has 30 heavy (non-hydrogen) atoms. The van der Waals surface area contributed by atoms with Crippen molar-refractivity contribution in [1.29, 1.82) is 0 Å². The number of aromatic hydroxyl groups is 1. The Morgan fingerprint density at radius 1 is 0.833 bits per heavy atom. The Bertz CT molecular complexity index is 1060. The van der Waals surface area contributed by atoms with Gasteiger partial charge in [-0.1, -0.05) is 60.3 Å². The minimum atomic E-state index is 0.270. The molecule has 4 nitrogen and oxygen atoms in total. The van der Waals surface area contributed by atoms with Gasteiger partial charge < -0.3 is 5.11 Å². The summed E-state index contributed by atoms with van der Waals surface area (Å²) in [6.07, 6.45) is 2.81. The molecule has 0 amide bonds. The van der Waals surface area contributed by atoms with Gasteiger partial charge in [-0.05, 0) is 41.8 Å². The van der Waals surface area contributed by atoms with Crippen molar-refractivity contribution in [2.24, 2.45) is 5.10 Å². The standard InChI is InChI=1S/C25H25N3OS/c29-23-10-4-1-8-20(23)18-26-28-15-13-27(14-16-28)22-17-19-7-2-5-11-24(19)30-25-12-6-3-9-21(22)25/h1-12,18,22,29H,13-17H2. The van der Waals surface area contributed by atoms with E-state index in [-0.39, 0.29) is 5.75 Å². The summed E-state index contributed by atoms with van der Waals surface area (Å²) in [6.45, 7) is 3.73. The number of fused-ring (bicyclic) bond motifs is 2. The lowest BCUT2D eigenvalue weighted by molar-refractivity contribution is 0.0970. The fourth-order valence-electron chi connectivity index (χ4n) is 4.26. The lowest BCUT2D eigenvalue weighted by atomic mass is 9.97. The molecule has 3 aromatic rings. The molecule has 5 heteroatoms. The van der Waals surface area contributed by atoms with E-state index in [1.807, 2.05) is 30.0 Å². The third-order valence-corrected chi connectivity index (χ3v) is 7.12. The summed E-state index contributed by atoms with van der Waals surface area (Å²) < 4.78 is 0. The van der Waals surface area contributed by atoms with E-state index in [1.165, 1.54) is 20.9 Å². The van der Waals surface area contributed by atoms with Crippen molar-refractivity contribution in [1.82, 2.24) is 9.91 Å². The van der Waals surface area contributed by atoms with Crippen LogP contribution in [-0.2, 0) is 6.42 Å². The maximum atomic E-state index is 9.93. The summed E-state index contributed by atoms with van der Waals surface area (Å²) in [5.41, 5.74) is 3.62. The molecule has 0 bridgehead atoms. The van der Waals surface area contributed by atoms with Gasteiger partial charge in [0.25, 0.3) is 0 Å². The highest BCUT2D eigenvalue weighted by molar-refractivity contribution is 7.99. The van der Waals surface area contributed by atoms with Gasteiger partial charge in [-0.3, -0.25) is 9.91 Å². The second-order valence-corrected chi connectivity index (χ2v) is 8.84. The number of rotatable bonds is 3. The van der Waals surface area contributed by atoms with Gasteiger partial charge in [-0.15, -0.1) is 0 Å². The number of para-hydroxylation sites is 1. The van der Waals surface area contributed by atoms with Gasteiger partial charge in [0.15, 0.2) is 0 Å². The van der Waals surface area contributed by atoms with Crippen molar-refractivity contribution < 1.29 is 5.11 Å². The van der Waals surface area contributed by atoms with E-state index < -0.39 is 0 Å². The van der Waals surface area contributed by atoms with Gasteiger partial charge in [0.05, 0.1) is 6.21 Å². The minimum Gasteiger partial charge on any atom is -0.507 e. The number of hydrogen-bond donors (Lipinski definition) is 1. The molecule has 152 valence electrons. The van der Waals surface area contributed by atoms with Crippen LogP contribution >= 0.6 is 11.8 Å². The third kappa shape index (κ3) is 3.95. The molecule has 5 rings (SSSR count). The molecular weight excluding hydrogens is 390 g/mol. The molecule has 0 saturated carbocycles. The Labute approximate surface area is 181 Å². The summed E-state index contributed by atoms with van der Waals surface area (Å²) in [5, 5.41) is 16.6. The van der Waals surface area contributed by atoms with Gasteiger partial charge in [0, 0.05) is 47.6 Å². The maximum Gasteiger partial charge on any atom is 0.124 e. The zero-order valence-electron chi connectivity index (χ0n) is 16.8. The van der Waals surface area contributed by atoms with Crippen LogP contribution in [0.3, 0.4) is 0 Å². The van der Waals surface area contributed by atoms with Crippen molar-refractivity contribution in [3.63, 3.8) is 0 Å². The van der Waals surface area contributed by atoms with Crippen LogP contribution < -0.4 is 0 Å². The van der Waals surface area contributed by atoms with Gasteiger partial charge in [-0.25, -0.2) is 0 Å². The molecule has 1 N–H and O–H groups in total. The zero-order chi connectivity index (χ0) is 20.3. The van der Waals surface area contributed by atoms with Gasteiger partial charge >= 0.3 is 0 Å². The first kappa shape index (κ1) is 19.2. The molecule has 1 atom stereocenters. The average molecular weight is 416 g/mol. The van der Waals surface area contributed by atoms with Crippen LogP contribution in [0, 0.1) is 0 Å². The molecule has 2 aliphatic rings. The molecule has 0 aromatic heterocycles. The Balaban J connectivity index is 1.32. The van der Waals surface area contributed by atoms with Crippen LogP contribution in [0.5, 0.6) is 5.75 Å². The number of hydrazone groups is 1. The van der Waals surface area contributed by atoms with Crippen LogP contribution in [0.15, 0.2) is 87.7 Å². The van der Waals surface area contributed by atoms with E-state index in [0.717, 1.165) is 38.2 Å². The summed E-state index contributed by atoms with van der Waals surface area (Å²) in [7, 11) is 0. The molecule has 0 spiro atoms. The number of phenolic OH excluding ortho intramolecular Hbond substituents is 1. The number of hydrogen-bond acceptors (Lipinski definition) is 5. The Kier molecular flexibility index (Phi) is 5.47. The normalized spacial score (nSPS) is 19.3. The lowest BCUT2D eigenvalue weighted by Crippen LogP contribution is -2.46. The first-order valence-electron chi connectivity index (χ1n) is 10.4. The van der Waals surface area contributed by atoms with Crippen molar-refractivity contribution in [2.75, 3.05) is 26.2 Å². The maximum absolute atomic E-state index is 9.93. The molecule has 1 fully saturated rings. The first-order valence-corrected chi connectivity index (χ1v) is 11.3. The minimum absolute atomic E-state index is 0.270. The fraction of sp³-hybridized carbons (Fsp3) is 0.240. The van der Waals surface area contributed by atoms with E-state index in [0.29, 0.717) is 6.04 Å². The predicted octanol–water partition coefficient (Wildman–Crippen LogP) is 4.79. The Hall–Kier alpha value is -2.76. The van der Waals surface area contributed by atoms with Gasteiger partial charge in [0.1, 0.15) is 5.75 Å². The summed E-state index contributed by atoms with van der Waals surface area (Å²) in [4.78, 5) is 5.35. The number of phenols is 1. The van der Waals surface area contributed by atoms with Crippen LogP contribution in [-0.4, -0.2) is 47.4 Å². The molecule has 2 heterocycles. The molecule has 2 aliphatic heterocycles. The molecule has 1 saturated heterocycles. The van der Waals surface area contributed by atoms with Gasteiger partial charge in [0.2, 0.25) is 0 Å². The van der Waals surface area contributed by atoms with Crippen LogP contribution in [0.2, 0.25) is 0 Å². The van der Waals surface area contributed by atoms with Crippen LogP contribution in [0.1, 0.15) is 22.7 Å². The topological polar surface area (TPSA) is 39.1 Å². The largest absolute Gasteiger partial charge is 0.507 e. The molecule has 0 aliphatic carbocycles. The Morgan fingerprint density at radius 2 is 1.53 bits per heavy atom. The van der Waals surface area contributed by atoms with Crippen molar-refractivity contribution >= 4 is 18.0 Å². The second-order valence-electron chi connectivity index (χ2n) is 7.76. The quantitative estimate of drug-likeness (QED) is 0.624. The van der Waals surface area contributed by atoms with Crippen molar-refractivity contribution in [2.45, 2.75) is 22.3 Å². The predicted molar refractivity (Wildman–Crippen MR) is 122 cm³/mol. The summed E-state index contributed by atoms with van der Waals surface area (Å²) >= 11 is 1.89. The molecule has 1 unspecified atom stereocenters. The number of nitrogens with zero attached hydrogens (tertiary/aromatic N) is 3.